The van der Waals surface area contributed by atoms with Gasteiger partial charge in [-0.2, -0.15) is 0 Å². The van der Waals surface area contributed by atoms with Gasteiger partial charge in [0.05, 0.1) is 0 Å². The van der Waals surface area contributed by atoms with Crippen molar-refractivity contribution in [2.24, 2.45) is 0 Å². The second kappa shape index (κ2) is 15.4. The third kappa shape index (κ3) is 14.4. The summed E-state index contributed by atoms with van der Waals surface area (Å²) in [6, 6.07) is 0. The molecule has 0 bridgehead atoms. The molecule has 0 fully saturated rings. The van der Waals surface area contributed by atoms with Crippen molar-refractivity contribution in [3.05, 3.63) is 0 Å². The van der Waals surface area contributed by atoms with Gasteiger partial charge in [0.25, 0.3) is 0 Å². The van der Waals surface area contributed by atoms with Crippen molar-refractivity contribution >= 4 is 12.6 Å². The standard InChI is InChI=1S/C15H31S/c1-2-3-4-5-6-7-8-9-10-11-12-13-14-15-16/h2-15H2,1H3. The van der Waals surface area contributed by atoms with E-state index in [1.807, 2.05) is 0 Å². The van der Waals surface area contributed by atoms with E-state index >= 15 is 0 Å². The molecule has 1 heteroatoms. The quantitative estimate of drug-likeness (QED) is 0.334. The van der Waals surface area contributed by atoms with Gasteiger partial charge in [-0.15, -0.1) is 0 Å². The molecule has 0 aromatic rings. The van der Waals surface area contributed by atoms with Crippen LogP contribution >= 0.6 is 12.6 Å². The van der Waals surface area contributed by atoms with E-state index in [4.69, 9.17) is 12.6 Å². The minimum absolute atomic E-state index is 0.956. The van der Waals surface area contributed by atoms with Crippen molar-refractivity contribution in [2.75, 3.05) is 5.75 Å². The van der Waals surface area contributed by atoms with Crippen LogP contribution in [0.4, 0.5) is 0 Å². The van der Waals surface area contributed by atoms with Gasteiger partial charge >= 0.3 is 0 Å². The lowest BCUT2D eigenvalue weighted by atomic mass is 10.1. The minimum atomic E-state index is 0.956. The van der Waals surface area contributed by atoms with Crippen LogP contribution in [0, 0.1) is 0 Å². The average Bonchev–Trinajstić information content (AvgIpc) is 2.31. The first-order chi connectivity index (χ1) is 7.91. The highest BCUT2D eigenvalue weighted by Gasteiger charge is 1.92. The van der Waals surface area contributed by atoms with Gasteiger partial charge in [0, 0.05) is 5.75 Å². The molecule has 0 unspecified atom stereocenters. The van der Waals surface area contributed by atoms with Gasteiger partial charge in [-0.1, -0.05) is 96.6 Å². The van der Waals surface area contributed by atoms with Gasteiger partial charge in [0.1, 0.15) is 0 Å². The summed E-state index contributed by atoms with van der Waals surface area (Å²) in [5.41, 5.74) is 0. The first-order valence-electron chi connectivity index (χ1n) is 7.50. The molecule has 1 radical (unpaired) electrons. The van der Waals surface area contributed by atoms with E-state index in [-0.39, 0.29) is 0 Å². The van der Waals surface area contributed by atoms with Crippen LogP contribution in [-0.4, -0.2) is 5.75 Å². The highest BCUT2D eigenvalue weighted by atomic mass is 32.1. The summed E-state index contributed by atoms with van der Waals surface area (Å²) >= 11 is 4.93. The van der Waals surface area contributed by atoms with Crippen LogP contribution in [0.5, 0.6) is 0 Å². The molecule has 0 aromatic heterocycles. The second-order valence-electron chi connectivity index (χ2n) is 4.95. The maximum Gasteiger partial charge on any atom is 0.00369 e. The fourth-order valence-electron chi connectivity index (χ4n) is 2.12. The summed E-state index contributed by atoms with van der Waals surface area (Å²) in [4.78, 5) is 0. The molecule has 0 rings (SSSR count). The van der Waals surface area contributed by atoms with Crippen molar-refractivity contribution in [3.8, 4) is 0 Å². The molecular weight excluding hydrogens is 212 g/mol. The molecule has 0 amide bonds. The number of unbranched alkanes of at least 4 members (excludes halogenated alkanes) is 12. The third-order valence-corrected chi connectivity index (χ3v) is 3.54. The molecule has 0 nitrogen and oxygen atoms in total. The van der Waals surface area contributed by atoms with E-state index in [1.165, 1.54) is 83.5 Å². The Labute approximate surface area is 109 Å². The van der Waals surface area contributed by atoms with E-state index in [0.29, 0.717) is 0 Å². The normalized spacial score (nSPS) is 10.9. The Hall–Kier alpha value is 0.350. The zero-order valence-corrected chi connectivity index (χ0v) is 12.1. The second-order valence-corrected chi connectivity index (χ2v) is 5.36. The van der Waals surface area contributed by atoms with Gasteiger partial charge in [-0.25, -0.2) is 0 Å². The summed E-state index contributed by atoms with van der Waals surface area (Å²) in [7, 11) is 0. The summed E-state index contributed by atoms with van der Waals surface area (Å²) in [5, 5.41) is 0. The van der Waals surface area contributed by atoms with Crippen LogP contribution < -0.4 is 0 Å². The Kier molecular flexibility index (Phi) is 15.7. The molecule has 0 saturated carbocycles. The predicted octanol–water partition coefficient (Wildman–Crippen LogP) is 6.28. The van der Waals surface area contributed by atoms with E-state index in [0.717, 1.165) is 5.75 Å². The first kappa shape index (κ1) is 16.4. The topological polar surface area (TPSA) is 0 Å². The molecule has 0 aliphatic heterocycles. The lowest BCUT2D eigenvalue weighted by Crippen LogP contribution is -1.83. The Morgan fingerprint density at radius 2 is 0.812 bits per heavy atom. The molecule has 0 aliphatic carbocycles. The van der Waals surface area contributed by atoms with Gasteiger partial charge in [-0.3, -0.25) is 0 Å². The molecule has 0 spiro atoms. The fourth-order valence-corrected chi connectivity index (χ4v) is 2.32. The maximum absolute atomic E-state index is 4.93. The molecule has 0 aliphatic rings. The van der Waals surface area contributed by atoms with Crippen molar-refractivity contribution < 1.29 is 0 Å². The Morgan fingerprint density at radius 3 is 1.12 bits per heavy atom. The number of hydrogen-bond acceptors (Lipinski definition) is 0. The smallest absolute Gasteiger partial charge is 0.00369 e. The van der Waals surface area contributed by atoms with Crippen LogP contribution in [0.1, 0.15) is 90.4 Å². The summed E-state index contributed by atoms with van der Waals surface area (Å²) in [5.74, 6) is 0.956. The molecule has 16 heavy (non-hydrogen) atoms. The SMILES string of the molecule is CCCCCCCCCCCCCCC[S]. The first-order valence-corrected chi connectivity index (χ1v) is 8.07. The Morgan fingerprint density at radius 1 is 0.500 bits per heavy atom. The largest absolute Gasteiger partial charge is 0.0942 e. The summed E-state index contributed by atoms with van der Waals surface area (Å²) in [6.07, 6.45) is 18.5. The molecule has 0 aromatic carbocycles. The van der Waals surface area contributed by atoms with E-state index in [9.17, 15) is 0 Å². The van der Waals surface area contributed by atoms with Crippen LogP contribution in [-0.2, 0) is 0 Å². The van der Waals surface area contributed by atoms with Crippen LogP contribution in [0.25, 0.3) is 0 Å². The molecule has 0 heterocycles. The lowest BCUT2D eigenvalue weighted by molar-refractivity contribution is 0.543. The van der Waals surface area contributed by atoms with Crippen molar-refractivity contribution in [1.82, 2.24) is 0 Å². The van der Waals surface area contributed by atoms with Gasteiger partial charge in [0.2, 0.25) is 0 Å². The number of hydrogen-bond donors (Lipinski definition) is 0. The van der Waals surface area contributed by atoms with Crippen molar-refractivity contribution in [3.63, 3.8) is 0 Å². The van der Waals surface area contributed by atoms with Crippen molar-refractivity contribution in [2.45, 2.75) is 90.4 Å². The van der Waals surface area contributed by atoms with E-state index in [1.54, 1.807) is 0 Å². The number of rotatable bonds is 13. The average molecular weight is 243 g/mol. The third-order valence-electron chi connectivity index (χ3n) is 3.25. The zero-order chi connectivity index (χ0) is 11.9. The summed E-state index contributed by atoms with van der Waals surface area (Å²) < 4.78 is 0. The molecule has 0 N–H and O–H groups in total. The van der Waals surface area contributed by atoms with Gasteiger partial charge in [0.15, 0.2) is 0 Å². The Balaban J connectivity index is 2.83. The molecule has 0 atom stereocenters. The molecular formula is C15H31S. The monoisotopic (exact) mass is 243 g/mol. The molecule has 97 valence electrons. The predicted molar refractivity (Wildman–Crippen MR) is 78.2 cm³/mol. The fraction of sp³-hybridized carbons (Fsp3) is 1.00. The highest BCUT2D eigenvalue weighted by Crippen LogP contribution is 2.12. The maximum atomic E-state index is 4.93. The lowest BCUT2D eigenvalue weighted by Gasteiger charge is -2.02. The Bertz CT molecular complexity index is 98.0. The van der Waals surface area contributed by atoms with Crippen LogP contribution in [0.15, 0.2) is 0 Å². The van der Waals surface area contributed by atoms with Gasteiger partial charge in [-0.05, 0) is 6.42 Å². The minimum Gasteiger partial charge on any atom is -0.0942 e. The molecule has 0 saturated heterocycles. The van der Waals surface area contributed by atoms with E-state index < -0.39 is 0 Å². The highest BCUT2D eigenvalue weighted by molar-refractivity contribution is 7.80. The summed E-state index contributed by atoms with van der Waals surface area (Å²) in [6.45, 7) is 2.28. The zero-order valence-electron chi connectivity index (χ0n) is 11.3. The van der Waals surface area contributed by atoms with Crippen molar-refractivity contribution in [1.29, 1.82) is 0 Å². The van der Waals surface area contributed by atoms with Gasteiger partial charge < -0.3 is 0 Å². The van der Waals surface area contributed by atoms with Crippen LogP contribution in [0.2, 0.25) is 0 Å². The van der Waals surface area contributed by atoms with Crippen LogP contribution in [0.3, 0.4) is 0 Å². The van der Waals surface area contributed by atoms with E-state index in [2.05, 4.69) is 6.92 Å².